The Balaban J connectivity index is 1.28. The average Bonchev–Trinajstić information content (AvgIpc) is 2.87. The van der Waals surface area contributed by atoms with Crippen LogP contribution in [-0.2, 0) is 13.1 Å². The number of ether oxygens (including phenoxy) is 1. The van der Waals surface area contributed by atoms with Crippen molar-refractivity contribution in [2.45, 2.75) is 13.1 Å². The van der Waals surface area contributed by atoms with Gasteiger partial charge in [0, 0.05) is 57.7 Å². The quantitative estimate of drug-likeness (QED) is 0.467. The summed E-state index contributed by atoms with van der Waals surface area (Å²) < 4.78 is 6.97. The second kappa shape index (κ2) is 10.7. The van der Waals surface area contributed by atoms with Crippen LogP contribution < -0.4 is 20.5 Å². The Kier molecular flexibility index (Phi) is 7.29. The van der Waals surface area contributed by atoms with Crippen LogP contribution in [0.25, 0.3) is 0 Å². The van der Waals surface area contributed by atoms with Gasteiger partial charge in [-0.05, 0) is 41.5 Å². The molecular formula is C26H31N5O2. The number of hydrogen-bond donors (Lipinski definition) is 1. The molecule has 0 atom stereocenters. The van der Waals surface area contributed by atoms with Crippen LogP contribution in [0.15, 0.2) is 82.7 Å². The first-order chi connectivity index (χ1) is 16.2. The number of aromatic nitrogens is 1. The summed E-state index contributed by atoms with van der Waals surface area (Å²) >= 11 is 0. The number of nitrogens with zero attached hydrogens (tertiary/aromatic N) is 4. The Morgan fingerprint density at radius 1 is 0.939 bits per heavy atom. The van der Waals surface area contributed by atoms with Gasteiger partial charge in [-0.3, -0.25) is 9.79 Å². The zero-order chi connectivity index (χ0) is 23.0. The van der Waals surface area contributed by atoms with Crippen molar-refractivity contribution in [2.24, 2.45) is 4.99 Å². The summed E-state index contributed by atoms with van der Waals surface area (Å²) in [5.41, 5.74) is 3.51. The molecule has 0 amide bonds. The Morgan fingerprint density at radius 2 is 1.64 bits per heavy atom. The molecule has 0 bridgehead atoms. The highest BCUT2D eigenvalue weighted by atomic mass is 16.5. The van der Waals surface area contributed by atoms with Crippen molar-refractivity contribution in [3.63, 3.8) is 0 Å². The van der Waals surface area contributed by atoms with E-state index in [9.17, 15) is 4.79 Å². The minimum atomic E-state index is 0.0131. The van der Waals surface area contributed by atoms with Gasteiger partial charge in [-0.2, -0.15) is 0 Å². The highest BCUT2D eigenvalue weighted by Gasteiger charge is 2.19. The number of guanidine groups is 1. The molecule has 0 spiro atoms. The highest BCUT2D eigenvalue weighted by Crippen LogP contribution is 2.20. The molecule has 4 rings (SSSR count). The monoisotopic (exact) mass is 445 g/mol. The van der Waals surface area contributed by atoms with E-state index >= 15 is 0 Å². The van der Waals surface area contributed by atoms with Crippen LogP contribution in [0, 0.1) is 0 Å². The summed E-state index contributed by atoms with van der Waals surface area (Å²) in [4.78, 5) is 21.1. The van der Waals surface area contributed by atoms with Crippen LogP contribution >= 0.6 is 0 Å². The number of hydrogen-bond acceptors (Lipinski definition) is 4. The van der Waals surface area contributed by atoms with Gasteiger partial charge < -0.3 is 24.4 Å². The molecule has 0 radical (unpaired) electrons. The molecule has 7 nitrogen and oxygen atoms in total. The molecule has 3 aromatic rings. The molecule has 2 heterocycles. The Hall–Kier alpha value is -3.74. The standard InChI is InChI=1S/C26H31N5O2/c1-27-26(30-17-15-29(16-18-30)23-10-12-24(33-2)13-11-23)28-19-21-6-8-22(9-7-21)20-31-14-4-3-5-25(31)32/h3-14H,15-20H2,1-2H3,(H,27,28). The molecule has 1 aromatic heterocycles. The summed E-state index contributed by atoms with van der Waals surface area (Å²) in [6, 6.07) is 21.8. The lowest BCUT2D eigenvalue weighted by molar-refractivity contribution is 0.372. The highest BCUT2D eigenvalue weighted by molar-refractivity contribution is 5.80. The second-order valence-electron chi connectivity index (χ2n) is 8.06. The topological polar surface area (TPSA) is 62.1 Å². The zero-order valence-electron chi connectivity index (χ0n) is 19.3. The maximum Gasteiger partial charge on any atom is 0.250 e. The fourth-order valence-electron chi connectivity index (χ4n) is 4.03. The Labute approximate surface area is 194 Å². The number of methoxy groups -OCH3 is 1. The van der Waals surface area contributed by atoms with Gasteiger partial charge in [0.2, 0.25) is 0 Å². The van der Waals surface area contributed by atoms with Crippen molar-refractivity contribution in [3.05, 3.63) is 94.4 Å². The number of nitrogens with one attached hydrogen (secondary N) is 1. The van der Waals surface area contributed by atoms with Crippen molar-refractivity contribution in [3.8, 4) is 5.75 Å². The predicted octanol–water partition coefficient (Wildman–Crippen LogP) is 2.80. The molecule has 0 saturated carbocycles. The van der Waals surface area contributed by atoms with Crippen LogP contribution in [-0.4, -0.2) is 55.8 Å². The third-order valence-corrected chi connectivity index (χ3v) is 5.95. The molecular weight excluding hydrogens is 414 g/mol. The summed E-state index contributed by atoms with van der Waals surface area (Å²) in [6.45, 7) is 5.00. The van der Waals surface area contributed by atoms with Crippen LogP contribution in [0.4, 0.5) is 5.69 Å². The van der Waals surface area contributed by atoms with E-state index in [1.165, 1.54) is 11.3 Å². The molecule has 1 fully saturated rings. The maximum atomic E-state index is 11.9. The van der Waals surface area contributed by atoms with Crippen LogP contribution in [0.3, 0.4) is 0 Å². The number of pyridine rings is 1. The van der Waals surface area contributed by atoms with E-state index in [0.29, 0.717) is 13.1 Å². The van der Waals surface area contributed by atoms with Gasteiger partial charge in [-0.1, -0.05) is 30.3 Å². The van der Waals surface area contributed by atoms with Crippen LogP contribution in [0.1, 0.15) is 11.1 Å². The number of aliphatic imine (C=N–C) groups is 1. The summed E-state index contributed by atoms with van der Waals surface area (Å²) in [6.07, 6.45) is 1.82. The van der Waals surface area contributed by atoms with Crippen molar-refractivity contribution < 1.29 is 4.74 Å². The van der Waals surface area contributed by atoms with Crippen molar-refractivity contribution in [1.29, 1.82) is 0 Å². The van der Waals surface area contributed by atoms with Gasteiger partial charge >= 0.3 is 0 Å². The van der Waals surface area contributed by atoms with Crippen LogP contribution in [0.5, 0.6) is 5.75 Å². The smallest absolute Gasteiger partial charge is 0.250 e. The first-order valence-corrected chi connectivity index (χ1v) is 11.2. The van der Waals surface area contributed by atoms with E-state index in [1.54, 1.807) is 23.8 Å². The van der Waals surface area contributed by atoms with Crippen LogP contribution in [0.2, 0.25) is 0 Å². The molecule has 1 saturated heterocycles. The second-order valence-corrected chi connectivity index (χ2v) is 8.06. The molecule has 2 aromatic carbocycles. The largest absolute Gasteiger partial charge is 0.497 e. The maximum absolute atomic E-state index is 11.9. The fraction of sp³-hybridized carbons (Fsp3) is 0.308. The Morgan fingerprint density at radius 3 is 2.27 bits per heavy atom. The van der Waals surface area contributed by atoms with E-state index < -0.39 is 0 Å². The molecule has 1 aliphatic heterocycles. The van der Waals surface area contributed by atoms with E-state index in [4.69, 9.17) is 4.74 Å². The molecule has 1 N–H and O–H groups in total. The lowest BCUT2D eigenvalue weighted by atomic mass is 10.1. The van der Waals surface area contributed by atoms with Gasteiger partial charge in [0.15, 0.2) is 5.96 Å². The van der Waals surface area contributed by atoms with Crippen molar-refractivity contribution in [2.75, 3.05) is 45.2 Å². The van der Waals surface area contributed by atoms with E-state index in [2.05, 4.69) is 56.5 Å². The first kappa shape index (κ1) is 22.5. The van der Waals surface area contributed by atoms with Gasteiger partial charge in [0.25, 0.3) is 5.56 Å². The van der Waals surface area contributed by atoms with Gasteiger partial charge in [-0.25, -0.2) is 0 Å². The van der Waals surface area contributed by atoms with E-state index in [1.807, 2.05) is 31.4 Å². The third kappa shape index (κ3) is 5.74. The fourth-order valence-corrected chi connectivity index (χ4v) is 4.03. The number of rotatable bonds is 6. The molecule has 1 aliphatic rings. The molecule has 172 valence electrons. The molecule has 33 heavy (non-hydrogen) atoms. The number of anilines is 1. The summed E-state index contributed by atoms with van der Waals surface area (Å²) in [7, 11) is 3.52. The van der Waals surface area contributed by atoms with Gasteiger partial charge in [-0.15, -0.1) is 0 Å². The normalized spacial score (nSPS) is 14.3. The lowest BCUT2D eigenvalue weighted by Gasteiger charge is -2.37. The SMILES string of the molecule is CN=C(NCc1ccc(Cn2ccccc2=O)cc1)N1CCN(c2ccc(OC)cc2)CC1. The summed E-state index contributed by atoms with van der Waals surface area (Å²) in [5.74, 6) is 1.80. The molecule has 7 heteroatoms. The predicted molar refractivity (Wildman–Crippen MR) is 133 cm³/mol. The van der Waals surface area contributed by atoms with Gasteiger partial charge in [0.05, 0.1) is 13.7 Å². The molecule has 0 unspecified atom stereocenters. The van der Waals surface area contributed by atoms with E-state index in [0.717, 1.165) is 43.5 Å². The van der Waals surface area contributed by atoms with Crippen molar-refractivity contribution >= 4 is 11.6 Å². The molecule has 0 aliphatic carbocycles. The lowest BCUT2D eigenvalue weighted by Crippen LogP contribution is -2.52. The van der Waals surface area contributed by atoms with Crippen molar-refractivity contribution in [1.82, 2.24) is 14.8 Å². The summed E-state index contributed by atoms with van der Waals surface area (Å²) in [5, 5.41) is 3.49. The number of benzene rings is 2. The number of piperazine rings is 1. The zero-order valence-corrected chi connectivity index (χ0v) is 19.3. The Bertz CT molecular complexity index is 1110. The average molecular weight is 446 g/mol. The third-order valence-electron chi connectivity index (χ3n) is 5.95. The minimum Gasteiger partial charge on any atom is -0.497 e. The van der Waals surface area contributed by atoms with E-state index in [-0.39, 0.29) is 5.56 Å². The van der Waals surface area contributed by atoms with Gasteiger partial charge in [0.1, 0.15) is 5.75 Å². The first-order valence-electron chi connectivity index (χ1n) is 11.2. The minimum absolute atomic E-state index is 0.0131.